The molecule has 0 aromatic carbocycles. The Bertz CT molecular complexity index is 598. The van der Waals surface area contributed by atoms with Gasteiger partial charge in [0, 0.05) is 24.9 Å². The van der Waals surface area contributed by atoms with E-state index in [1.807, 2.05) is 18.7 Å². The molecule has 0 spiro atoms. The van der Waals surface area contributed by atoms with Crippen LogP contribution in [0.1, 0.15) is 69.5 Å². The van der Waals surface area contributed by atoms with Gasteiger partial charge in [0.15, 0.2) is 5.82 Å². The van der Waals surface area contributed by atoms with E-state index in [0.29, 0.717) is 31.1 Å². The smallest absolute Gasteiger partial charge is 0.243 e. The third-order valence-corrected chi connectivity index (χ3v) is 4.86. The Balaban J connectivity index is 1.71. The van der Waals surface area contributed by atoms with Gasteiger partial charge in [-0.05, 0) is 32.1 Å². The SMILES string of the molecule is CC(C)c1nc([C@@H]2CCCN(C(=O)C3(C#N)CCC3)C2)no1. The van der Waals surface area contributed by atoms with Gasteiger partial charge in [-0.1, -0.05) is 19.0 Å². The predicted octanol–water partition coefficient (Wildman–Crippen LogP) is 2.59. The zero-order valence-corrected chi connectivity index (χ0v) is 13.2. The first-order valence-electron chi connectivity index (χ1n) is 8.10. The Labute approximate surface area is 130 Å². The van der Waals surface area contributed by atoms with Crippen LogP contribution in [0.3, 0.4) is 0 Å². The summed E-state index contributed by atoms with van der Waals surface area (Å²) in [7, 11) is 0. The fourth-order valence-corrected chi connectivity index (χ4v) is 3.23. The fraction of sp³-hybridized carbons (Fsp3) is 0.750. The molecule has 0 bridgehead atoms. The molecule has 1 saturated carbocycles. The van der Waals surface area contributed by atoms with Crippen LogP contribution in [-0.2, 0) is 4.79 Å². The second kappa shape index (κ2) is 5.71. The summed E-state index contributed by atoms with van der Waals surface area (Å²) in [5.41, 5.74) is -0.762. The van der Waals surface area contributed by atoms with Gasteiger partial charge in [-0.2, -0.15) is 10.2 Å². The number of hydrogen-bond donors (Lipinski definition) is 0. The van der Waals surface area contributed by atoms with Crippen LogP contribution >= 0.6 is 0 Å². The lowest BCUT2D eigenvalue weighted by Gasteiger charge is -2.40. The van der Waals surface area contributed by atoms with E-state index >= 15 is 0 Å². The molecule has 0 radical (unpaired) electrons. The third kappa shape index (κ3) is 2.49. The van der Waals surface area contributed by atoms with E-state index in [0.717, 1.165) is 25.8 Å². The van der Waals surface area contributed by atoms with Gasteiger partial charge in [0.25, 0.3) is 0 Å². The first-order chi connectivity index (χ1) is 10.6. The molecule has 1 atom stereocenters. The van der Waals surface area contributed by atoms with E-state index in [1.54, 1.807) is 0 Å². The minimum absolute atomic E-state index is 0.00136. The first kappa shape index (κ1) is 15.0. The van der Waals surface area contributed by atoms with E-state index in [2.05, 4.69) is 16.2 Å². The third-order valence-electron chi connectivity index (χ3n) is 4.86. The monoisotopic (exact) mass is 302 g/mol. The number of carbonyl (C=O) groups is 1. The van der Waals surface area contributed by atoms with Gasteiger partial charge in [-0.25, -0.2) is 0 Å². The maximum Gasteiger partial charge on any atom is 0.243 e. The first-order valence-corrected chi connectivity index (χ1v) is 8.10. The average molecular weight is 302 g/mol. The highest BCUT2D eigenvalue weighted by Crippen LogP contribution is 2.42. The van der Waals surface area contributed by atoms with Gasteiger partial charge in [0.05, 0.1) is 6.07 Å². The predicted molar refractivity (Wildman–Crippen MR) is 78.8 cm³/mol. The van der Waals surface area contributed by atoms with Crippen LogP contribution in [0, 0.1) is 16.7 Å². The van der Waals surface area contributed by atoms with Crippen molar-refractivity contribution in [1.82, 2.24) is 15.0 Å². The molecule has 1 aromatic rings. The van der Waals surface area contributed by atoms with E-state index in [9.17, 15) is 10.1 Å². The number of piperidine rings is 1. The summed E-state index contributed by atoms with van der Waals surface area (Å²) in [6.45, 7) is 5.36. The van der Waals surface area contributed by atoms with Gasteiger partial charge in [0.2, 0.25) is 11.8 Å². The van der Waals surface area contributed by atoms with Crippen LogP contribution in [-0.4, -0.2) is 34.0 Å². The Morgan fingerprint density at radius 1 is 1.45 bits per heavy atom. The zero-order valence-electron chi connectivity index (χ0n) is 13.2. The highest BCUT2D eigenvalue weighted by molar-refractivity contribution is 5.86. The lowest BCUT2D eigenvalue weighted by Crippen LogP contribution is -2.50. The Morgan fingerprint density at radius 3 is 2.77 bits per heavy atom. The van der Waals surface area contributed by atoms with Crippen molar-refractivity contribution in [2.45, 2.75) is 57.8 Å². The van der Waals surface area contributed by atoms with E-state index in [1.165, 1.54) is 0 Å². The molecule has 1 aliphatic carbocycles. The molecule has 6 heteroatoms. The van der Waals surface area contributed by atoms with Crippen LogP contribution in [0.4, 0.5) is 0 Å². The van der Waals surface area contributed by atoms with Crippen LogP contribution < -0.4 is 0 Å². The summed E-state index contributed by atoms with van der Waals surface area (Å²) in [6, 6.07) is 2.24. The highest BCUT2D eigenvalue weighted by atomic mass is 16.5. The molecule has 1 aromatic heterocycles. The van der Waals surface area contributed by atoms with Crippen LogP contribution in [0.5, 0.6) is 0 Å². The van der Waals surface area contributed by atoms with Crippen LogP contribution in [0.15, 0.2) is 4.52 Å². The number of likely N-dealkylation sites (tertiary alicyclic amines) is 1. The zero-order chi connectivity index (χ0) is 15.7. The summed E-state index contributed by atoms with van der Waals surface area (Å²) < 4.78 is 5.28. The second-order valence-electron chi connectivity index (χ2n) is 6.78. The van der Waals surface area contributed by atoms with E-state index in [-0.39, 0.29) is 17.7 Å². The molecule has 1 saturated heterocycles. The molecular weight excluding hydrogens is 280 g/mol. The van der Waals surface area contributed by atoms with Crippen molar-refractivity contribution in [3.05, 3.63) is 11.7 Å². The number of hydrogen-bond acceptors (Lipinski definition) is 5. The van der Waals surface area contributed by atoms with Gasteiger partial charge in [-0.3, -0.25) is 4.79 Å². The van der Waals surface area contributed by atoms with Crippen molar-refractivity contribution in [1.29, 1.82) is 5.26 Å². The second-order valence-corrected chi connectivity index (χ2v) is 6.78. The fourth-order valence-electron chi connectivity index (χ4n) is 3.23. The maximum atomic E-state index is 12.7. The lowest BCUT2D eigenvalue weighted by atomic mass is 9.68. The molecule has 118 valence electrons. The Morgan fingerprint density at radius 2 is 2.23 bits per heavy atom. The number of nitriles is 1. The lowest BCUT2D eigenvalue weighted by molar-refractivity contribution is -0.144. The number of carbonyl (C=O) groups excluding carboxylic acids is 1. The van der Waals surface area contributed by atoms with Crippen molar-refractivity contribution < 1.29 is 9.32 Å². The Hall–Kier alpha value is -1.90. The number of aromatic nitrogens is 2. The van der Waals surface area contributed by atoms with Gasteiger partial charge in [0.1, 0.15) is 5.41 Å². The van der Waals surface area contributed by atoms with E-state index in [4.69, 9.17) is 4.52 Å². The quantitative estimate of drug-likeness (QED) is 0.857. The van der Waals surface area contributed by atoms with Gasteiger partial charge >= 0.3 is 0 Å². The largest absolute Gasteiger partial charge is 0.341 e. The van der Waals surface area contributed by atoms with Crippen molar-refractivity contribution in [2.24, 2.45) is 5.41 Å². The summed E-state index contributed by atoms with van der Waals surface area (Å²) in [6.07, 6.45) is 4.25. The normalized spacial score (nSPS) is 23.9. The minimum Gasteiger partial charge on any atom is -0.341 e. The number of amides is 1. The summed E-state index contributed by atoms with van der Waals surface area (Å²) in [5.74, 6) is 1.66. The summed E-state index contributed by atoms with van der Waals surface area (Å²) in [5, 5.41) is 13.4. The maximum absolute atomic E-state index is 12.7. The summed E-state index contributed by atoms with van der Waals surface area (Å²) >= 11 is 0. The molecule has 2 aliphatic rings. The average Bonchev–Trinajstić information content (AvgIpc) is 2.97. The molecule has 0 unspecified atom stereocenters. The molecule has 3 rings (SSSR count). The standard InChI is InChI=1S/C16H22N4O2/c1-11(2)14-18-13(19-22-14)12-5-3-8-20(9-12)15(21)16(10-17)6-4-7-16/h11-12H,3-9H2,1-2H3/t12-/m1/s1. The van der Waals surface area contributed by atoms with Crippen LogP contribution in [0.25, 0.3) is 0 Å². The molecule has 6 nitrogen and oxygen atoms in total. The molecule has 22 heavy (non-hydrogen) atoms. The molecule has 1 aliphatic heterocycles. The van der Waals surface area contributed by atoms with E-state index < -0.39 is 5.41 Å². The number of nitrogens with zero attached hydrogens (tertiary/aromatic N) is 4. The van der Waals surface area contributed by atoms with Gasteiger partial charge in [-0.15, -0.1) is 0 Å². The van der Waals surface area contributed by atoms with Crippen molar-refractivity contribution in [3.63, 3.8) is 0 Å². The van der Waals surface area contributed by atoms with Crippen molar-refractivity contribution in [2.75, 3.05) is 13.1 Å². The minimum atomic E-state index is -0.762. The van der Waals surface area contributed by atoms with Crippen molar-refractivity contribution in [3.8, 4) is 6.07 Å². The molecular formula is C16H22N4O2. The molecule has 2 fully saturated rings. The van der Waals surface area contributed by atoms with Crippen molar-refractivity contribution >= 4 is 5.91 Å². The molecule has 0 N–H and O–H groups in total. The number of rotatable bonds is 3. The molecule has 2 heterocycles. The Kier molecular flexibility index (Phi) is 3.90. The highest BCUT2D eigenvalue weighted by Gasteiger charge is 2.47. The van der Waals surface area contributed by atoms with Gasteiger partial charge < -0.3 is 9.42 Å². The van der Waals surface area contributed by atoms with Crippen LogP contribution in [0.2, 0.25) is 0 Å². The topological polar surface area (TPSA) is 83.0 Å². The molecule has 1 amide bonds. The summed E-state index contributed by atoms with van der Waals surface area (Å²) in [4.78, 5) is 19.0.